The van der Waals surface area contributed by atoms with Gasteiger partial charge in [-0.25, -0.2) is 4.57 Å². The molecule has 0 aromatic heterocycles. The zero-order chi connectivity index (χ0) is 48.5. The molecule has 9 heteroatoms. The summed E-state index contributed by atoms with van der Waals surface area (Å²) >= 11 is 0. The highest BCUT2D eigenvalue weighted by Crippen LogP contribution is 2.43. The Morgan fingerprint density at radius 3 is 1.21 bits per heavy atom. The quantitative estimate of drug-likeness (QED) is 0.0243. The van der Waals surface area contributed by atoms with E-state index >= 15 is 0 Å². The van der Waals surface area contributed by atoms with E-state index < -0.39 is 20.0 Å². The van der Waals surface area contributed by atoms with Crippen LogP contribution in [0, 0.1) is 0 Å². The van der Waals surface area contributed by atoms with Crippen molar-refractivity contribution in [1.29, 1.82) is 0 Å². The maximum Gasteiger partial charge on any atom is 0.472 e. The maximum atomic E-state index is 12.9. The van der Waals surface area contributed by atoms with Crippen LogP contribution in [-0.4, -0.2) is 73.4 Å². The molecule has 0 aliphatic heterocycles. The Morgan fingerprint density at radius 1 is 0.500 bits per heavy atom. The summed E-state index contributed by atoms with van der Waals surface area (Å²) in [7, 11) is 1.55. The number of phosphoric acid groups is 1. The van der Waals surface area contributed by atoms with Crippen LogP contribution >= 0.6 is 7.82 Å². The molecule has 0 saturated carbocycles. The van der Waals surface area contributed by atoms with Gasteiger partial charge in [0, 0.05) is 6.42 Å². The van der Waals surface area contributed by atoms with Crippen molar-refractivity contribution in [3.05, 3.63) is 36.5 Å². The van der Waals surface area contributed by atoms with Crippen LogP contribution < -0.4 is 5.32 Å². The largest absolute Gasteiger partial charge is 0.472 e. The second kappa shape index (κ2) is 48.7. The highest BCUT2D eigenvalue weighted by atomic mass is 31.2. The molecule has 0 fully saturated rings. The Kier molecular flexibility index (Phi) is 47.8. The van der Waals surface area contributed by atoms with E-state index in [1.54, 1.807) is 6.08 Å². The summed E-state index contributed by atoms with van der Waals surface area (Å²) in [5, 5.41) is 13.9. The van der Waals surface area contributed by atoms with Crippen LogP contribution in [0.3, 0.4) is 0 Å². The summed E-state index contributed by atoms with van der Waals surface area (Å²) in [5.74, 6) is -0.187. The molecule has 0 aliphatic carbocycles. The van der Waals surface area contributed by atoms with Crippen molar-refractivity contribution in [2.75, 3.05) is 40.9 Å². The maximum absolute atomic E-state index is 12.9. The molecule has 0 heterocycles. The van der Waals surface area contributed by atoms with Crippen molar-refractivity contribution in [1.82, 2.24) is 5.32 Å². The summed E-state index contributed by atoms with van der Waals surface area (Å²) in [6.45, 7) is 4.79. The predicted octanol–water partition coefficient (Wildman–Crippen LogP) is 17.0. The molecule has 3 N–H and O–H groups in total. The van der Waals surface area contributed by atoms with E-state index in [0.29, 0.717) is 17.4 Å². The van der Waals surface area contributed by atoms with Gasteiger partial charge in [-0.05, 0) is 44.9 Å². The van der Waals surface area contributed by atoms with Crippen LogP contribution in [-0.2, 0) is 18.4 Å². The SMILES string of the molecule is CCCCCC/C=C/CC/C=C/CC/C=C/C(O)C(COP(=O)(O)OCC[N+](C)(C)C)NC(=O)CCCCCCCCCCCCCCCCCCCCCCCCCCCCCCCC. The van der Waals surface area contributed by atoms with E-state index in [2.05, 4.69) is 43.5 Å². The molecule has 0 saturated heterocycles. The number of hydrogen-bond donors (Lipinski definition) is 3. The van der Waals surface area contributed by atoms with E-state index in [-0.39, 0.29) is 19.1 Å². The Labute approximate surface area is 410 Å². The molecular formula is C57H112N2O6P+. The Bertz CT molecular complexity index is 1170. The van der Waals surface area contributed by atoms with Crippen LogP contribution in [0.15, 0.2) is 36.5 Å². The van der Waals surface area contributed by atoms with Crippen LogP contribution in [0.25, 0.3) is 0 Å². The predicted molar refractivity (Wildman–Crippen MR) is 286 cm³/mol. The highest BCUT2D eigenvalue weighted by molar-refractivity contribution is 7.47. The Morgan fingerprint density at radius 2 is 0.833 bits per heavy atom. The Hall–Kier alpha value is -1.28. The number of phosphoric ester groups is 1. The number of hydrogen-bond acceptors (Lipinski definition) is 5. The molecule has 0 rings (SSSR count). The monoisotopic (exact) mass is 952 g/mol. The van der Waals surface area contributed by atoms with Gasteiger partial charge in [-0.15, -0.1) is 0 Å². The number of allylic oxidation sites excluding steroid dienone is 5. The zero-order valence-electron chi connectivity index (χ0n) is 44.4. The first kappa shape index (κ1) is 64.7. The van der Waals surface area contributed by atoms with Gasteiger partial charge < -0.3 is 19.8 Å². The van der Waals surface area contributed by atoms with Gasteiger partial charge in [0.1, 0.15) is 13.2 Å². The van der Waals surface area contributed by atoms with Gasteiger partial charge in [0.2, 0.25) is 5.91 Å². The lowest BCUT2D eigenvalue weighted by molar-refractivity contribution is -0.870. The molecule has 0 radical (unpaired) electrons. The van der Waals surface area contributed by atoms with Gasteiger partial charge in [-0.1, -0.05) is 256 Å². The van der Waals surface area contributed by atoms with Gasteiger partial charge in [0.25, 0.3) is 0 Å². The third-order valence-electron chi connectivity index (χ3n) is 12.8. The van der Waals surface area contributed by atoms with Crippen molar-refractivity contribution >= 4 is 13.7 Å². The number of nitrogens with one attached hydrogen (secondary N) is 1. The molecule has 8 nitrogen and oxygen atoms in total. The molecule has 0 aromatic carbocycles. The number of carbonyl (C=O) groups is 1. The van der Waals surface area contributed by atoms with Gasteiger partial charge in [-0.2, -0.15) is 0 Å². The fourth-order valence-electron chi connectivity index (χ4n) is 8.37. The minimum atomic E-state index is -4.35. The number of rotatable bonds is 52. The standard InChI is InChI=1S/C57H111N2O6P/c1-6-8-10-12-14-16-18-20-22-23-24-25-26-27-28-29-30-31-32-33-34-35-36-37-39-41-43-45-47-49-51-57(61)58-55(54-65-66(62,63)64-53-52-59(3,4)5)56(60)50-48-46-44-42-40-38-21-19-17-15-13-11-9-7-2/h17,19,40,42,48,50,55-56,60H,6-16,18,20-39,41,43-47,49,51-54H2,1-5H3,(H-,58,61,62,63)/p+1/b19-17+,42-40+,50-48+. The van der Waals surface area contributed by atoms with E-state index in [9.17, 15) is 19.4 Å². The molecule has 1 amide bonds. The summed E-state index contributed by atoms with van der Waals surface area (Å²) < 4.78 is 23.6. The second-order valence-electron chi connectivity index (χ2n) is 20.7. The summed E-state index contributed by atoms with van der Waals surface area (Å²) in [4.78, 5) is 23.2. The first-order valence-electron chi connectivity index (χ1n) is 28.4. The highest BCUT2D eigenvalue weighted by Gasteiger charge is 2.27. The number of unbranched alkanes of at least 4 members (excludes halogenated alkanes) is 35. The normalized spacial score (nSPS) is 14.2. The minimum Gasteiger partial charge on any atom is -0.387 e. The van der Waals surface area contributed by atoms with Gasteiger partial charge in [-0.3, -0.25) is 13.8 Å². The average molecular weight is 953 g/mol. The molecule has 0 spiro atoms. The molecule has 3 unspecified atom stereocenters. The average Bonchev–Trinajstić information content (AvgIpc) is 3.28. The lowest BCUT2D eigenvalue weighted by Crippen LogP contribution is -2.45. The number of carbonyl (C=O) groups excluding carboxylic acids is 1. The van der Waals surface area contributed by atoms with Crippen molar-refractivity contribution in [3.8, 4) is 0 Å². The zero-order valence-corrected chi connectivity index (χ0v) is 45.3. The first-order chi connectivity index (χ1) is 32.0. The van der Waals surface area contributed by atoms with Crippen molar-refractivity contribution in [2.45, 2.75) is 283 Å². The minimum absolute atomic E-state index is 0.0549. The van der Waals surface area contributed by atoms with Crippen molar-refractivity contribution in [2.24, 2.45) is 0 Å². The lowest BCUT2D eigenvalue weighted by Gasteiger charge is -2.25. The van der Waals surface area contributed by atoms with Crippen LogP contribution in [0.1, 0.15) is 271 Å². The van der Waals surface area contributed by atoms with Crippen LogP contribution in [0.2, 0.25) is 0 Å². The molecular weight excluding hydrogens is 840 g/mol. The molecule has 390 valence electrons. The molecule has 0 aromatic rings. The van der Waals surface area contributed by atoms with Gasteiger partial charge in [0.05, 0.1) is 39.9 Å². The summed E-state index contributed by atoms with van der Waals surface area (Å²) in [6, 6.07) is -0.867. The van der Waals surface area contributed by atoms with Crippen LogP contribution in [0.5, 0.6) is 0 Å². The summed E-state index contributed by atoms with van der Waals surface area (Å²) in [6.07, 6.45) is 62.6. The van der Waals surface area contributed by atoms with E-state index in [1.807, 2.05) is 27.2 Å². The second-order valence-corrected chi connectivity index (χ2v) is 22.1. The third-order valence-corrected chi connectivity index (χ3v) is 13.8. The third kappa shape index (κ3) is 50.6. The van der Waals surface area contributed by atoms with Gasteiger partial charge >= 0.3 is 7.82 Å². The van der Waals surface area contributed by atoms with E-state index in [0.717, 1.165) is 44.9 Å². The summed E-state index contributed by atoms with van der Waals surface area (Å²) in [5.41, 5.74) is 0. The number of aliphatic hydroxyl groups excluding tert-OH is 1. The number of likely N-dealkylation sites (N-methyl/N-ethyl adjacent to an activating group) is 1. The van der Waals surface area contributed by atoms with E-state index in [4.69, 9.17) is 9.05 Å². The molecule has 66 heavy (non-hydrogen) atoms. The molecule has 0 aliphatic rings. The fraction of sp³-hybridized carbons (Fsp3) is 0.877. The fourth-order valence-corrected chi connectivity index (χ4v) is 9.11. The number of quaternary nitrogens is 1. The Balaban J connectivity index is 4.07. The number of nitrogens with zero attached hydrogens (tertiary/aromatic N) is 1. The molecule has 0 bridgehead atoms. The van der Waals surface area contributed by atoms with E-state index in [1.165, 1.54) is 205 Å². The topological polar surface area (TPSA) is 105 Å². The van der Waals surface area contributed by atoms with Crippen LogP contribution in [0.4, 0.5) is 0 Å². The van der Waals surface area contributed by atoms with Crippen molar-refractivity contribution in [3.63, 3.8) is 0 Å². The smallest absolute Gasteiger partial charge is 0.387 e. The lowest BCUT2D eigenvalue weighted by atomic mass is 10.0. The van der Waals surface area contributed by atoms with Gasteiger partial charge in [0.15, 0.2) is 0 Å². The van der Waals surface area contributed by atoms with Crippen molar-refractivity contribution < 1.29 is 32.9 Å². The number of amides is 1. The molecule has 3 atom stereocenters. The number of aliphatic hydroxyl groups is 1. The first-order valence-corrected chi connectivity index (χ1v) is 29.9.